The Morgan fingerprint density at radius 2 is 1.26 bits per heavy atom. The molecule has 5 N–H and O–H groups in total. The predicted molar refractivity (Wildman–Crippen MR) is 168 cm³/mol. The fourth-order valence-corrected chi connectivity index (χ4v) is 4.60. The second-order valence-corrected chi connectivity index (χ2v) is 12.0. The molecule has 3 heterocycles. The number of nitrogens with zero attached hydrogens (tertiary/aromatic N) is 5. The number of halogens is 9. The Bertz CT molecular complexity index is 1910. The van der Waals surface area contributed by atoms with Crippen molar-refractivity contribution >= 4 is 56.0 Å². The summed E-state index contributed by atoms with van der Waals surface area (Å²) in [5.41, 5.74) is 4.56. The number of piperazine rings is 1. The molecule has 0 radical (unpaired) electrons. The van der Waals surface area contributed by atoms with Crippen LogP contribution in [0.15, 0.2) is 61.2 Å². The molecular weight excluding hydrogens is 765 g/mol. The first-order chi connectivity index (χ1) is 24.3. The average Bonchev–Trinajstić information content (AvgIpc) is 3.59. The monoisotopic (exact) mass is 791 g/mol. The van der Waals surface area contributed by atoms with E-state index < -0.39 is 46.5 Å². The molecule has 0 atom stereocenters. The lowest BCUT2D eigenvalue weighted by molar-refractivity contribution is -0.193. The number of alkyl halides is 9. The second kappa shape index (κ2) is 17.6. The molecule has 0 aliphatic carbocycles. The molecule has 2 aromatic carbocycles. The number of hydrogen-bond donors (Lipinski definition) is 5. The van der Waals surface area contributed by atoms with Crippen molar-refractivity contribution in [2.45, 2.75) is 18.5 Å². The third-order valence-electron chi connectivity index (χ3n) is 6.27. The SMILES string of the molecule is CS(=O)(=O)Nc1cccc(N2CCN(c3ncnc4ccc(-c5cn[nH]c5)cc34)CC2)c1.O=C(O)C(F)(F)F.O=C(O)C(F)(F)F.O=C(O)C(F)(F)F. The van der Waals surface area contributed by atoms with Crippen LogP contribution in [0.3, 0.4) is 0 Å². The summed E-state index contributed by atoms with van der Waals surface area (Å²) < 4.78 is 121. The topological polar surface area (TPSA) is 219 Å². The number of aromatic nitrogens is 4. The molecular formula is C28H26F9N7O8S. The smallest absolute Gasteiger partial charge is 0.475 e. The van der Waals surface area contributed by atoms with Crippen LogP contribution in [0, 0.1) is 0 Å². The molecule has 15 nitrogen and oxygen atoms in total. The van der Waals surface area contributed by atoms with Crippen molar-refractivity contribution in [3.8, 4) is 11.1 Å². The second-order valence-electron chi connectivity index (χ2n) is 10.2. The molecule has 1 saturated heterocycles. The van der Waals surface area contributed by atoms with Gasteiger partial charge in [0.1, 0.15) is 12.1 Å². The molecule has 1 fully saturated rings. The minimum Gasteiger partial charge on any atom is -0.475 e. The van der Waals surface area contributed by atoms with Crippen LogP contribution in [0.5, 0.6) is 0 Å². The van der Waals surface area contributed by atoms with Gasteiger partial charge >= 0.3 is 36.4 Å². The van der Waals surface area contributed by atoms with E-state index in [0.29, 0.717) is 5.69 Å². The zero-order valence-electron chi connectivity index (χ0n) is 26.5. The fourth-order valence-electron chi connectivity index (χ4n) is 4.04. The van der Waals surface area contributed by atoms with Crippen molar-refractivity contribution in [3.63, 3.8) is 0 Å². The lowest BCUT2D eigenvalue weighted by Gasteiger charge is -2.37. The van der Waals surface area contributed by atoms with Gasteiger partial charge in [0.25, 0.3) is 0 Å². The van der Waals surface area contributed by atoms with E-state index in [4.69, 9.17) is 29.7 Å². The zero-order valence-corrected chi connectivity index (χ0v) is 27.3. The van der Waals surface area contributed by atoms with Crippen molar-refractivity contribution in [2.24, 2.45) is 0 Å². The lowest BCUT2D eigenvalue weighted by Crippen LogP contribution is -2.47. The maximum atomic E-state index is 11.5. The van der Waals surface area contributed by atoms with Crippen LogP contribution in [-0.2, 0) is 24.4 Å². The van der Waals surface area contributed by atoms with E-state index in [1.165, 1.54) is 0 Å². The number of rotatable bonds is 5. The molecule has 0 bridgehead atoms. The number of sulfonamides is 1. The first-order valence-corrected chi connectivity index (χ1v) is 15.9. The first kappa shape index (κ1) is 43.3. The highest BCUT2D eigenvalue weighted by atomic mass is 32.2. The number of nitrogens with one attached hydrogen (secondary N) is 2. The number of carbonyl (C=O) groups is 3. The number of benzene rings is 2. The van der Waals surface area contributed by atoms with Crippen LogP contribution in [-0.4, -0.2) is 113 Å². The third-order valence-corrected chi connectivity index (χ3v) is 6.87. The molecule has 290 valence electrons. The molecule has 0 amide bonds. The van der Waals surface area contributed by atoms with Gasteiger partial charge in [-0.3, -0.25) is 9.82 Å². The van der Waals surface area contributed by atoms with E-state index in [0.717, 1.165) is 66.0 Å². The summed E-state index contributed by atoms with van der Waals surface area (Å²) in [5.74, 6) is -7.35. The van der Waals surface area contributed by atoms with Gasteiger partial charge in [0.05, 0.1) is 23.7 Å². The number of anilines is 3. The molecule has 0 saturated carbocycles. The lowest BCUT2D eigenvalue weighted by atomic mass is 10.1. The normalized spacial score (nSPS) is 13.3. The number of aliphatic carboxylic acids is 3. The quantitative estimate of drug-likeness (QED) is 0.175. The average molecular weight is 792 g/mol. The first-order valence-electron chi connectivity index (χ1n) is 14.0. The highest BCUT2D eigenvalue weighted by molar-refractivity contribution is 7.92. The molecule has 1 aliphatic heterocycles. The van der Waals surface area contributed by atoms with Gasteiger partial charge in [-0.15, -0.1) is 0 Å². The summed E-state index contributed by atoms with van der Waals surface area (Å²) in [5, 5.41) is 29.3. The van der Waals surface area contributed by atoms with Crippen LogP contribution in [0.1, 0.15) is 0 Å². The van der Waals surface area contributed by atoms with Crippen LogP contribution in [0.2, 0.25) is 0 Å². The van der Waals surface area contributed by atoms with Crippen molar-refractivity contribution in [2.75, 3.05) is 47.0 Å². The molecule has 53 heavy (non-hydrogen) atoms. The molecule has 4 aromatic rings. The molecule has 5 rings (SSSR count). The minimum absolute atomic E-state index is 0.570. The van der Waals surface area contributed by atoms with E-state index >= 15 is 0 Å². The molecule has 1 aliphatic rings. The maximum absolute atomic E-state index is 11.5. The summed E-state index contributed by atoms with van der Waals surface area (Å²) in [6.45, 7) is 3.20. The van der Waals surface area contributed by atoms with Gasteiger partial charge in [-0.25, -0.2) is 32.8 Å². The summed E-state index contributed by atoms with van der Waals surface area (Å²) in [6, 6.07) is 13.7. The van der Waals surface area contributed by atoms with Crippen molar-refractivity contribution < 1.29 is 77.6 Å². The number of H-pyrrole nitrogens is 1. The molecule has 0 unspecified atom stereocenters. The largest absolute Gasteiger partial charge is 0.490 e. The van der Waals surface area contributed by atoms with Crippen LogP contribution in [0.4, 0.5) is 56.7 Å². The Morgan fingerprint density at radius 3 is 1.72 bits per heavy atom. The Labute approximate surface area is 291 Å². The number of hydrogen-bond acceptors (Lipinski definition) is 10. The number of carboxylic acid groups (broad SMARTS) is 3. The van der Waals surface area contributed by atoms with E-state index in [1.54, 1.807) is 18.6 Å². The van der Waals surface area contributed by atoms with Gasteiger partial charge in [-0.1, -0.05) is 12.1 Å². The van der Waals surface area contributed by atoms with Gasteiger partial charge < -0.3 is 25.1 Å². The highest BCUT2D eigenvalue weighted by Gasteiger charge is 2.39. The Hall–Kier alpha value is -5.88. The Morgan fingerprint density at radius 1 is 0.755 bits per heavy atom. The van der Waals surface area contributed by atoms with E-state index in [-0.39, 0.29) is 0 Å². The van der Waals surface area contributed by atoms with E-state index in [9.17, 15) is 47.9 Å². The van der Waals surface area contributed by atoms with Crippen molar-refractivity contribution in [1.82, 2.24) is 20.2 Å². The van der Waals surface area contributed by atoms with E-state index in [2.05, 4.69) is 40.8 Å². The number of carboxylic acids is 3. The van der Waals surface area contributed by atoms with Crippen LogP contribution >= 0.6 is 0 Å². The van der Waals surface area contributed by atoms with Crippen LogP contribution < -0.4 is 14.5 Å². The molecule has 0 spiro atoms. The van der Waals surface area contributed by atoms with Crippen molar-refractivity contribution in [1.29, 1.82) is 0 Å². The van der Waals surface area contributed by atoms with Gasteiger partial charge in [0, 0.05) is 49.0 Å². The van der Waals surface area contributed by atoms with E-state index in [1.807, 2.05) is 36.5 Å². The minimum atomic E-state index is -5.08. The fraction of sp³-hybridized carbons (Fsp3) is 0.286. The Kier molecular flexibility index (Phi) is 14.3. The zero-order chi connectivity index (χ0) is 40.4. The summed E-state index contributed by atoms with van der Waals surface area (Å²) in [7, 11) is -3.31. The summed E-state index contributed by atoms with van der Waals surface area (Å²) >= 11 is 0. The van der Waals surface area contributed by atoms with Crippen LogP contribution in [0.25, 0.3) is 22.0 Å². The van der Waals surface area contributed by atoms with Gasteiger partial charge in [0.15, 0.2) is 0 Å². The van der Waals surface area contributed by atoms with Gasteiger partial charge in [-0.05, 0) is 35.9 Å². The molecule has 2 aromatic heterocycles. The highest BCUT2D eigenvalue weighted by Crippen LogP contribution is 2.30. The Balaban J connectivity index is 0.000000379. The summed E-state index contributed by atoms with van der Waals surface area (Å²) in [4.78, 5) is 40.3. The van der Waals surface area contributed by atoms with Gasteiger partial charge in [-0.2, -0.15) is 44.6 Å². The summed E-state index contributed by atoms with van der Waals surface area (Å²) in [6.07, 6.45) is -8.81. The third kappa shape index (κ3) is 14.3. The number of aromatic amines is 1. The predicted octanol–water partition coefficient (Wildman–Crippen LogP) is 4.62. The maximum Gasteiger partial charge on any atom is 0.490 e. The van der Waals surface area contributed by atoms with Gasteiger partial charge in [0.2, 0.25) is 10.0 Å². The standard InChI is InChI=1S/C22H23N7O2S.3C2HF3O2/c1-32(30,31)27-18-3-2-4-19(12-18)28-7-9-29(10-8-28)22-20-11-16(17-13-25-26-14-17)5-6-21(20)23-15-24-22;3*3-2(4,5)1(6)7/h2-6,11-15,27H,7-10H2,1H3,(H,25,26);3*(H,6,7). The van der Waals surface area contributed by atoms with Crippen molar-refractivity contribution in [3.05, 3.63) is 61.2 Å². The molecule has 25 heteroatoms. The number of fused-ring (bicyclic) bond motifs is 1.